The Morgan fingerprint density at radius 1 is 1.00 bits per heavy atom. The molecule has 0 saturated carbocycles. The molecule has 186 valence electrons. The zero-order valence-electron chi connectivity index (χ0n) is 20.7. The number of allylic oxidation sites excluding steroid dienone is 1. The molecule has 6 nitrogen and oxygen atoms in total. The fraction of sp³-hybridized carbons (Fsp3) is 0.267. The first-order valence-corrected chi connectivity index (χ1v) is 12.4. The van der Waals surface area contributed by atoms with Crippen molar-refractivity contribution in [3.63, 3.8) is 0 Å². The van der Waals surface area contributed by atoms with Crippen LogP contribution in [0.3, 0.4) is 0 Å². The van der Waals surface area contributed by atoms with E-state index >= 15 is 0 Å². The maximum absolute atomic E-state index is 12.5. The van der Waals surface area contributed by atoms with E-state index in [4.69, 9.17) is 14.5 Å². The molecule has 0 fully saturated rings. The molecule has 36 heavy (non-hydrogen) atoms. The van der Waals surface area contributed by atoms with Crippen molar-refractivity contribution in [2.75, 3.05) is 13.2 Å². The molecular weight excluding hydrogens is 450 g/mol. The molecule has 0 bridgehead atoms. The molecule has 1 atom stereocenters. The number of rotatable bonds is 13. The predicted molar refractivity (Wildman–Crippen MR) is 143 cm³/mol. The Morgan fingerprint density at radius 2 is 1.75 bits per heavy atom. The number of nitrogens with one attached hydrogen (secondary N) is 1. The smallest absolute Gasteiger partial charge is 0.258 e. The number of carbonyl (C=O) groups is 1. The second-order valence-electron chi connectivity index (χ2n) is 8.66. The highest BCUT2D eigenvalue weighted by Crippen LogP contribution is 2.22. The van der Waals surface area contributed by atoms with E-state index in [-0.39, 0.29) is 18.6 Å². The number of imidazole rings is 1. The van der Waals surface area contributed by atoms with Gasteiger partial charge in [0, 0.05) is 6.54 Å². The summed E-state index contributed by atoms with van der Waals surface area (Å²) in [4.78, 5) is 17.4. The molecule has 1 amide bonds. The number of ether oxygens (including phenoxy) is 2. The van der Waals surface area contributed by atoms with E-state index in [1.165, 1.54) is 0 Å². The first kappa shape index (κ1) is 25.0. The molecule has 0 aliphatic carbocycles. The van der Waals surface area contributed by atoms with Crippen molar-refractivity contribution in [1.29, 1.82) is 0 Å². The zero-order valence-corrected chi connectivity index (χ0v) is 20.7. The summed E-state index contributed by atoms with van der Waals surface area (Å²) >= 11 is 0. The SMILES string of the molecule is C=CCc1ccccc1OCCCCn1c(C(C)NC(=O)COc2ccccc2)nc2ccccc21. The van der Waals surface area contributed by atoms with Gasteiger partial charge in [-0.05, 0) is 62.1 Å². The Balaban J connectivity index is 1.35. The van der Waals surface area contributed by atoms with Crippen LogP contribution in [0.25, 0.3) is 11.0 Å². The number of hydrogen-bond acceptors (Lipinski definition) is 4. The van der Waals surface area contributed by atoms with Crippen LogP contribution in [0, 0.1) is 0 Å². The normalized spacial score (nSPS) is 11.7. The maximum atomic E-state index is 12.5. The largest absolute Gasteiger partial charge is 0.493 e. The van der Waals surface area contributed by atoms with Crippen LogP contribution < -0.4 is 14.8 Å². The summed E-state index contributed by atoms with van der Waals surface area (Å²) in [6.45, 7) is 7.16. The van der Waals surface area contributed by atoms with Crippen molar-refractivity contribution in [1.82, 2.24) is 14.9 Å². The molecule has 1 aromatic heterocycles. The van der Waals surface area contributed by atoms with Crippen LogP contribution >= 0.6 is 0 Å². The molecular formula is C30H33N3O3. The molecule has 1 unspecified atom stereocenters. The highest BCUT2D eigenvalue weighted by atomic mass is 16.5. The van der Waals surface area contributed by atoms with Crippen LogP contribution in [0.2, 0.25) is 0 Å². The van der Waals surface area contributed by atoms with Gasteiger partial charge in [0.25, 0.3) is 5.91 Å². The molecule has 0 saturated heterocycles. The minimum atomic E-state index is -0.258. The number of para-hydroxylation sites is 4. The summed E-state index contributed by atoms with van der Waals surface area (Å²) in [5.41, 5.74) is 3.13. The van der Waals surface area contributed by atoms with Crippen LogP contribution in [0.4, 0.5) is 0 Å². The second-order valence-corrected chi connectivity index (χ2v) is 8.66. The van der Waals surface area contributed by atoms with Crippen molar-refractivity contribution in [3.8, 4) is 11.5 Å². The van der Waals surface area contributed by atoms with E-state index in [2.05, 4.69) is 28.6 Å². The number of nitrogens with zero attached hydrogens (tertiary/aromatic N) is 2. The number of benzene rings is 3. The van der Waals surface area contributed by atoms with Crippen LogP contribution in [-0.4, -0.2) is 28.7 Å². The zero-order chi connectivity index (χ0) is 25.2. The van der Waals surface area contributed by atoms with E-state index in [0.717, 1.165) is 54.0 Å². The number of hydrogen-bond donors (Lipinski definition) is 1. The number of unbranched alkanes of at least 4 members (excludes halogenated alkanes) is 1. The standard InChI is InChI=1S/C30H33N3O3/c1-3-13-24-14-7-10-19-28(24)35-21-12-11-20-33-27-18-9-8-17-26(27)32-30(33)23(2)31-29(34)22-36-25-15-5-4-6-16-25/h3-10,14-19,23H,1,11-13,20-22H2,2H3,(H,31,34). The van der Waals surface area contributed by atoms with Crippen molar-refractivity contribution in [2.45, 2.75) is 38.8 Å². The molecule has 4 rings (SSSR count). The Hall–Kier alpha value is -4.06. The molecule has 1 N–H and O–H groups in total. The van der Waals surface area contributed by atoms with E-state index in [1.54, 1.807) is 0 Å². The summed E-state index contributed by atoms with van der Waals surface area (Å²) in [6.07, 6.45) is 4.51. The van der Waals surface area contributed by atoms with Gasteiger partial charge in [-0.15, -0.1) is 6.58 Å². The van der Waals surface area contributed by atoms with Gasteiger partial charge in [0.15, 0.2) is 6.61 Å². The quantitative estimate of drug-likeness (QED) is 0.191. The lowest BCUT2D eigenvalue weighted by atomic mass is 10.1. The third kappa shape index (κ3) is 6.54. The number of aryl methyl sites for hydroxylation is 1. The summed E-state index contributed by atoms with van der Waals surface area (Å²) < 4.78 is 13.8. The fourth-order valence-corrected chi connectivity index (χ4v) is 4.20. The number of aromatic nitrogens is 2. The maximum Gasteiger partial charge on any atom is 0.258 e. The summed E-state index contributed by atoms with van der Waals surface area (Å²) in [5.74, 6) is 2.24. The van der Waals surface area contributed by atoms with Gasteiger partial charge in [-0.25, -0.2) is 4.98 Å². The molecule has 4 aromatic rings. The van der Waals surface area contributed by atoms with Gasteiger partial charge >= 0.3 is 0 Å². The molecule has 0 spiro atoms. The molecule has 0 radical (unpaired) electrons. The van der Waals surface area contributed by atoms with E-state index < -0.39 is 0 Å². The Labute approximate surface area is 212 Å². The van der Waals surface area contributed by atoms with E-state index in [0.29, 0.717) is 12.4 Å². The fourth-order valence-electron chi connectivity index (χ4n) is 4.20. The number of carbonyl (C=O) groups excluding carboxylic acids is 1. The van der Waals surface area contributed by atoms with Gasteiger partial charge in [-0.2, -0.15) is 0 Å². The van der Waals surface area contributed by atoms with Crippen LogP contribution in [-0.2, 0) is 17.8 Å². The third-order valence-corrected chi connectivity index (χ3v) is 5.93. The van der Waals surface area contributed by atoms with Crippen molar-refractivity contribution >= 4 is 16.9 Å². The average Bonchev–Trinajstić information content (AvgIpc) is 3.28. The molecule has 0 aliphatic heterocycles. The second kappa shape index (κ2) is 12.6. The highest BCUT2D eigenvalue weighted by Gasteiger charge is 2.18. The summed E-state index contributed by atoms with van der Waals surface area (Å²) in [6, 6.07) is 25.2. The van der Waals surface area contributed by atoms with Gasteiger partial charge in [0.1, 0.15) is 17.3 Å². The Kier molecular flexibility index (Phi) is 8.76. The number of fused-ring (bicyclic) bond motifs is 1. The van der Waals surface area contributed by atoms with Crippen molar-refractivity contribution in [3.05, 3.63) is 103 Å². The third-order valence-electron chi connectivity index (χ3n) is 5.93. The molecule has 6 heteroatoms. The Morgan fingerprint density at radius 3 is 2.58 bits per heavy atom. The summed E-state index contributed by atoms with van der Waals surface area (Å²) in [7, 11) is 0. The van der Waals surface area contributed by atoms with Crippen molar-refractivity contribution < 1.29 is 14.3 Å². The van der Waals surface area contributed by atoms with Gasteiger partial charge in [0.2, 0.25) is 0 Å². The summed E-state index contributed by atoms with van der Waals surface area (Å²) in [5, 5.41) is 3.03. The van der Waals surface area contributed by atoms with Crippen molar-refractivity contribution in [2.24, 2.45) is 0 Å². The van der Waals surface area contributed by atoms with E-state index in [1.807, 2.05) is 79.7 Å². The topological polar surface area (TPSA) is 65.4 Å². The monoisotopic (exact) mass is 483 g/mol. The molecule has 3 aromatic carbocycles. The first-order valence-electron chi connectivity index (χ1n) is 12.4. The van der Waals surface area contributed by atoms with Crippen LogP contribution in [0.1, 0.15) is 37.2 Å². The first-order chi connectivity index (χ1) is 17.7. The van der Waals surface area contributed by atoms with Crippen LogP contribution in [0.5, 0.6) is 11.5 Å². The lowest BCUT2D eigenvalue weighted by molar-refractivity contribution is -0.123. The average molecular weight is 484 g/mol. The van der Waals surface area contributed by atoms with Gasteiger partial charge in [-0.3, -0.25) is 4.79 Å². The Bertz CT molecular complexity index is 1280. The minimum Gasteiger partial charge on any atom is -0.493 e. The number of amides is 1. The van der Waals surface area contributed by atoms with Gasteiger partial charge < -0.3 is 19.4 Å². The minimum absolute atomic E-state index is 0.0424. The lowest BCUT2D eigenvalue weighted by Crippen LogP contribution is -2.32. The van der Waals surface area contributed by atoms with E-state index in [9.17, 15) is 4.79 Å². The highest BCUT2D eigenvalue weighted by molar-refractivity contribution is 5.79. The van der Waals surface area contributed by atoms with Gasteiger partial charge in [0.05, 0.1) is 23.7 Å². The van der Waals surface area contributed by atoms with Crippen LogP contribution in [0.15, 0.2) is 91.5 Å². The predicted octanol–water partition coefficient (Wildman–Crippen LogP) is 5.88. The lowest BCUT2D eigenvalue weighted by Gasteiger charge is -2.17. The van der Waals surface area contributed by atoms with Gasteiger partial charge in [-0.1, -0.05) is 54.6 Å². The molecule has 0 aliphatic rings. The molecule has 1 heterocycles.